The lowest BCUT2D eigenvalue weighted by atomic mass is 10.1. The molecule has 1 aliphatic rings. The van der Waals surface area contributed by atoms with Crippen molar-refractivity contribution in [2.45, 2.75) is 18.9 Å². The molecule has 2 aromatic rings. The largest absolute Gasteiger partial charge is 0.366 e. The quantitative estimate of drug-likeness (QED) is 0.894. The molecule has 0 spiro atoms. The molecule has 6 nitrogen and oxygen atoms in total. The number of hydrogen-bond donors (Lipinski definition) is 2. The molecule has 1 saturated heterocycles. The Bertz CT molecular complexity index is 649. The van der Waals surface area contributed by atoms with Gasteiger partial charge >= 0.3 is 0 Å². The lowest BCUT2D eigenvalue weighted by Crippen LogP contribution is -2.30. The molecular formula is C15H16N4O2. The smallest absolute Gasteiger partial charge is 0.254 e. The Labute approximate surface area is 121 Å². The number of nitrogens with zero attached hydrogens (tertiary/aromatic N) is 2. The van der Waals surface area contributed by atoms with Crippen LogP contribution in [0.4, 0.5) is 0 Å². The lowest BCUT2D eigenvalue weighted by Gasteiger charge is -2.24. The fraction of sp³-hybridized carbons (Fsp3) is 0.267. The van der Waals surface area contributed by atoms with Crippen LogP contribution in [-0.4, -0.2) is 33.5 Å². The van der Waals surface area contributed by atoms with Gasteiger partial charge in [-0.1, -0.05) is 0 Å². The van der Waals surface area contributed by atoms with E-state index in [9.17, 15) is 9.59 Å². The minimum absolute atomic E-state index is 0.0327. The predicted octanol–water partition coefficient (Wildman–Crippen LogP) is 1.49. The third-order valence-corrected chi connectivity index (χ3v) is 3.83. The van der Waals surface area contributed by atoms with E-state index in [0.717, 1.165) is 24.9 Å². The highest BCUT2D eigenvalue weighted by molar-refractivity contribution is 5.97. The molecule has 1 fully saturated rings. The number of hydrogen-bond acceptors (Lipinski definition) is 3. The van der Waals surface area contributed by atoms with Crippen molar-refractivity contribution in [2.24, 2.45) is 5.73 Å². The molecule has 1 aromatic heterocycles. The van der Waals surface area contributed by atoms with Gasteiger partial charge in [-0.2, -0.15) is 5.10 Å². The van der Waals surface area contributed by atoms with Crippen LogP contribution >= 0.6 is 0 Å². The number of benzene rings is 1. The fourth-order valence-electron chi connectivity index (χ4n) is 2.74. The number of aromatic nitrogens is 2. The van der Waals surface area contributed by atoms with Gasteiger partial charge in [-0.25, -0.2) is 0 Å². The molecule has 3 rings (SSSR count). The summed E-state index contributed by atoms with van der Waals surface area (Å²) in [5.41, 5.74) is 7.19. The van der Waals surface area contributed by atoms with Crippen LogP contribution in [0.25, 0.3) is 0 Å². The zero-order valence-corrected chi connectivity index (χ0v) is 11.5. The summed E-state index contributed by atoms with van der Waals surface area (Å²) in [6, 6.07) is 6.52. The van der Waals surface area contributed by atoms with Crippen molar-refractivity contribution < 1.29 is 9.59 Å². The number of nitrogens with two attached hydrogens (primary N) is 1. The summed E-state index contributed by atoms with van der Waals surface area (Å²) in [6.45, 7) is 0.728. The summed E-state index contributed by atoms with van der Waals surface area (Å²) in [5.74, 6) is -0.527. The van der Waals surface area contributed by atoms with E-state index in [4.69, 9.17) is 5.73 Å². The van der Waals surface area contributed by atoms with E-state index in [1.165, 1.54) is 0 Å². The van der Waals surface area contributed by atoms with Crippen LogP contribution < -0.4 is 5.73 Å². The first-order valence-corrected chi connectivity index (χ1v) is 6.86. The Kier molecular flexibility index (Phi) is 3.43. The Morgan fingerprint density at radius 1 is 1.24 bits per heavy atom. The van der Waals surface area contributed by atoms with Gasteiger partial charge in [0, 0.05) is 29.4 Å². The normalized spacial score (nSPS) is 17.9. The average Bonchev–Trinajstić information content (AvgIpc) is 3.17. The van der Waals surface area contributed by atoms with Crippen LogP contribution in [-0.2, 0) is 0 Å². The maximum atomic E-state index is 12.6. The van der Waals surface area contributed by atoms with Crippen molar-refractivity contribution >= 4 is 11.8 Å². The second-order valence-corrected chi connectivity index (χ2v) is 5.13. The van der Waals surface area contributed by atoms with Crippen molar-refractivity contribution in [3.63, 3.8) is 0 Å². The number of nitrogens with one attached hydrogen (secondary N) is 1. The van der Waals surface area contributed by atoms with E-state index >= 15 is 0 Å². The van der Waals surface area contributed by atoms with Crippen molar-refractivity contribution in [1.29, 1.82) is 0 Å². The van der Waals surface area contributed by atoms with Gasteiger partial charge in [-0.15, -0.1) is 0 Å². The van der Waals surface area contributed by atoms with Gasteiger partial charge in [-0.3, -0.25) is 14.7 Å². The van der Waals surface area contributed by atoms with Crippen molar-refractivity contribution in [1.82, 2.24) is 15.1 Å². The number of carbonyl (C=O) groups is 2. The van der Waals surface area contributed by atoms with Gasteiger partial charge in [0.25, 0.3) is 5.91 Å². The van der Waals surface area contributed by atoms with Crippen LogP contribution in [0, 0.1) is 0 Å². The topological polar surface area (TPSA) is 92.1 Å². The molecule has 2 heterocycles. The summed E-state index contributed by atoms with van der Waals surface area (Å²) in [7, 11) is 0. The second-order valence-electron chi connectivity index (χ2n) is 5.13. The average molecular weight is 284 g/mol. The highest BCUT2D eigenvalue weighted by Gasteiger charge is 2.31. The first kappa shape index (κ1) is 13.4. The number of likely N-dealkylation sites (tertiary alicyclic amines) is 1. The maximum Gasteiger partial charge on any atom is 0.254 e. The molecule has 3 N–H and O–H groups in total. The molecule has 21 heavy (non-hydrogen) atoms. The highest BCUT2D eigenvalue weighted by Crippen LogP contribution is 2.32. The van der Waals surface area contributed by atoms with Crippen molar-refractivity contribution in [3.8, 4) is 0 Å². The lowest BCUT2D eigenvalue weighted by molar-refractivity contribution is 0.0735. The summed E-state index contributed by atoms with van der Waals surface area (Å²) in [4.78, 5) is 25.5. The number of carbonyl (C=O) groups excluding carboxylic acids is 2. The van der Waals surface area contributed by atoms with E-state index in [1.54, 1.807) is 30.5 Å². The molecule has 6 heteroatoms. The maximum absolute atomic E-state index is 12.6. The van der Waals surface area contributed by atoms with E-state index < -0.39 is 5.91 Å². The molecule has 0 unspecified atom stereocenters. The van der Waals surface area contributed by atoms with Gasteiger partial charge in [0.2, 0.25) is 5.91 Å². The number of rotatable bonds is 3. The SMILES string of the molecule is NC(=O)c1ccc(C(=O)N2CCC[C@@H]2c2cn[nH]c2)cc1. The first-order chi connectivity index (χ1) is 10.2. The molecule has 0 bridgehead atoms. The molecule has 1 atom stereocenters. The zero-order chi connectivity index (χ0) is 14.8. The number of amides is 2. The minimum Gasteiger partial charge on any atom is -0.366 e. The monoisotopic (exact) mass is 284 g/mol. The third kappa shape index (κ3) is 2.52. The van der Waals surface area contributed by atoms with Crippen molar-refractivity contribution in [3.05, 3.63) is 53.3 Å². The van der Waals surface area contributed by atoms with Crippen LogP contribution in [0.5, 0.6) is 0 Å². The van der Waals surface area contributed by atoms with Crippen LogP contribution in [0.15, 0.2) is 36.7 Å². The Balaban J connectivity index is 1.82. The zero-order valence-electron chi connectivity index (χ0n) is 11.5. The summed E-state index contributed by atoms with van der Waals surface area (Å²) >= 11 is 0. The molecule has 0 radical (unpaired) electrons. The minimum atomic E-state index is -0.494. The number of aromatic amines is 1. The van der Waals surface area contributed by atoms with E-state index in [0.29, 0.717) is 11.1 Å². The Hall–Kier alpha value is -2.63. The van der Waals surface area contributed by atoms with Gasteiger partial charge < -0.3 is 10.6 Å². The third-order valence-electron chi connectivity index (χ3n) is 3.83. The van der Waals surface area contributed by atoms with Gasteiger partial charge in [0.15, 0.2) is 0 Å². The summed E-state index contributed by atoms with van der Waals surface area (Å²) < 4.78 is 0. The second kappa shape index (κ2) is 5.40. The van der Waals surface area contributed by atoms with Gasteiger partial charge in [0.05, 0.1) is 12.2 Å². The summed E-state index contributed by atoms with van der Waals surface area (Å²) in [6.07, 6.45) is 5.49. The highest BCUT2D eigenvalue weighted by atomic mass is 16.2. The Morgan fingerprint density at radius 3 is 2.57 bits per heavy atom. The molecule has 108 valence electrons. The molecule has 0 aliphatic carbocycles. The van der Waals surface area contributed by atoms with E-state index in [1.807, 2.05) is 11.1 Å². The Morgan fingerprint density at radius 2 is 1.95 bits per heavy atom. The first-order valence-electron chi connectivity index (χ1n) is 6.86. The molecule has 1 aliphatic heterocycles. The van der Waals surface area contributed by atoms with Crippen LogP contribution in [0.2, 0.25) is 0 Å². The summed E-state index contributed by atoms with van der Waals surface area (Å²) in [5, 5.41) is 6.74. The van der Waals surface area contributed by atoms with Crippen molar-refractivity contribution in [2.75, 3.05) is 6.54 Å². The molecule has 1 aromatic carbocycles. The standard InChI is InChI=1S/C15H16N4O2/c16-14(20)10-3-5-11(6-4-10)15(21)19-7-1-2-13(19)12-8-17-18-9-12/h3-6,8-9,13H,1-2,7H2,(H2,16,20)(H,17,18)/t13-/m1/s1. The number of H-pyrrole nitrogens is 1. The van der Waals surface area contributed by atoms with Gasteiger partial charge in [0.1, 0.15) is 0 Å². The molecular weight excluding hydrogens is 268 g/mol. The van der Waals surface area contributed by atoms with Gasteiger partial charge in [-0.05, 0) is 37.1 Å². The van der Waals surface area contributed by atoms with E-state index in [2.05, 4.69) is 10.2 Å². The van der Waals surface area contributed by atoms with Crippen LogP contribution in [0.1, 0.15) is 45.2 Å². The predicted molar refractivity (Wildman–Crippen MR) is 76.6 cm³/mol. The number of primary amides is 1. The fourth-order valence-corrected chi connectivity index (χ4v) is 2.74. The molecule has 2 amide bonds. The molecule has 0 saturated carbocycles. The van der Waals surface area contributed by atoms with Crippen LogP contribution in [0.3, 0.4) is 0 Å². The van der Waals surface area contributed by atoms with E-state index in [-0.39, 0.29) is 11.9 Å².